The number of nitro groups is 2. The lowest BCUT2D eigenvalue weighted by atomic mass is 9.99. The fourth-order valence-corrected chi connectivity index (χ4v) is 2.13. The molecule has 0 heterocycles. The van der Waals surface area contributed by atoms with Crippen molar-refractivity contribution in [2.24, 2.45) is 0 Å². The Balaban J connectivity index is 2.72. The molecule has 0 saturated heterocycles. The molecule has 0 fully saturated rings. The largest absolute Gasteiger partial charge is 0.502 e. The maximum Gasteiger partial charge on any atom is 0.311 e. The van der Waals surface area contributed by atoms with Crippen molar-refractivity contribution in [3.63, 3.8) is 0 Å². The number of phenolic OH excluding ortho intramolecular Hbond substituents is 2. The molecule has 8 nitrogen and oxygen atoms in total. The lowest BCUT2D eigenvalue weighted by Crippen LogP contribution is -1.94. The van der Waals surface area contributed by atoms with Crippen molar-refractivity contribution in [1.82, 2.24) is 0 Å². The summed E-state index contributed by atoms with van der Waals surface area (Å²) in [5.41, 5.74) is 0.267. The van der Waals surface area contributed by atoms with Crippen molar-refractivity contribution in [2.45, 2.75) is 13.8 Å². The SMILES string of the molecule is Cc1cc(-c2cc(C)c(O)c([N+](=O)[O-])c2)cc([N+](=O)[O-])c1O. The zero-order chi connectivity index (χ0) is 16.6. The van der Waals surface area contributed by atoms with E-state index >= 15 is 0 Å². The number of benzene rings is 2. The first-order valence-corrected chi connectivity index (χ1v) is 6.18. The molecule has 0 atom stereocenters. The maximum atomic E-state index is 11.0. The summed E-state index contributed by atoms with van der Waals surface area (Å²) in [4.78, 5) is 20.4. The summed E-state index contributed by atoms with van der Waals surface area (Å²) in [5.74, 6) is -0.891. The molecule has 8 heteroatoms. The molecule has 0 radical (unpaired) electrons. The van der Waals surface area contributed by atoms with Crippen LogP contribution in [0.1, 0.15) is 11.1 Å². The summed E-state index contributed by atoms with van der Waals surface area (Å²) in [6.45, 7) is 2.99. The molecule has 0 aliphatic carbocycles. The highest BCUT2D eigenvalue weighted by Gasteiger charge is 2.21. The Hall–Kier alpha value is -3.16. The molecule has 22 heavy (non-hydrogen) atoms. The van der Waals surface area contributed by atoms with Gasteiger partial charge in [0.2, 0.25) is 0 Å². The minimum atomic E-state index is -0.729. The van der Waals surface area contributed by atoms with E-state index in [0.717, 1.165) is 12.1 Å². The highest BCUT2D eigenvalue weighted by molar-refractivity contribution is 5.74. The number of aromatic hydroxyl groups is 2. The minimum Gasteiger partial charge on any atom is -0.502 e. The Bertz CT molecular complexity index is 733. The fourth-order valence-electron chi connectivity index (χ4n) is 2.13. The average molecular weight is 304 g/mol. The minimum absolute atomic E-state index is 0.276. The first-order chi connectivity index (χ1) is 10.2. The van der Waals surface area contributed by atoms with E-state index in [-0.39, 0.29) is 11.1 Å². The van der Waals surface area contributed by atoms with E-state index in [1.165, 1.54) is 26.0 Å². The fraction of sp³-hybridized carbons (Fsp3) is 0.143. The standard InChI is InChI=1S/C14H12N2O6/c1-7-3-9(5-11(13(7)17)15(19)20)10-4-8(2)14(18)12(6-10)16(21)22/h3-6,17-18H,1-2H3. The third-order valence-corrected chi connectivity index (χ3v) is 3.29. The second-order valence-electron chi connectivity index (χ2n) is 4.84. The van der Waals surface area contributed by atoms with Gasteiger partial charge in [-0.3, -0.25) is 20.2 Å². The van der Waals surface area contributed by atoms with Crippen LogP contribution < -0.4 is 0 Å². The van der Waals surface area contributed by atoms with Crippen LogP contribution in [0.15, 0.2) is 24.3 Å². The van der Waals surface area contributed by atoms with E-state index in [1.807, 2.05) is 0 Å². The van der Waals surface area contributed by atoms with Crippen LogP contribution in [0.5, 0.6) is 11.5 Å². The Morgan fingerprint density at radius 1 is 0.773 bits per heavy atom. The first kappa shape index (κ1) is 15.2. The van der Waals surface area contributed by atoms with Gasteiger partial charge in [-0.25, -0.2) is 0 Å². The first-order valence-electron chi connectivity index (χ1n) is 6.18. The smallest absolute Gasteiger partial charge is 0.311 e. The molecule has 0 aliphatic heterocycles. The maximum absolute atomic E-state index is 11.0. The number of hydrogen-bond acceptors (Lipinski definition) is 6. The molecule has 0 aliphatic rings. The van der Waals surface area contributed by atoms with Crippen molar-refractivity contribution < 1.29 is 20.1 Å². The van der Waals surface area contributed by atoms with Crippen LogP contribution in [-0.4, -0.2) is 20.1 Å². The van der Waals surface area contributed by atoms with Crippen molar-refractivity contribution >= 4 is 11.4 Å². The highest BCUT2D eigenvalue weighted by atomic mass is 16.6. The van der Waals surface area contributed by atoms with Crippen molar-refractivity contribution in [1.29, 1.82) is 0 Å². The van der Waals surface area contributed by atoms with Gasteiger partial charge in [0.1, 0.15) is 0 Å². The molecule has 2 N–H and O–H groups in total. The predicted molar refractivity (Wildman–Crippen MR) is 78.0 cm³/mol. The molecule has 0 amide bonds. The molecule has 0 bridgehead atoms. The number of phenols is 2. The molecule has 114 valence electrons. The third-order valence-electron chi connectivity index (χ3n) is 3.29. The molecular weight excluding hydrogens is 292 g/mol. The predicted octanol–water partition coefficient (Wildman–Crippen LogP) is 3.20. The van der Waals surface area contributed by atoms with Crippen LogP contribution in [0.4, 0.5) is 11.4 Å². The van der Waals surface area contributed by atoms with Crippen molar-refractivity contribution in [2.75, 3.05) is 0 Å². The number of aryl methyl sites for hydroxylation is 2. The van der Waals surface area contributed by atoms with Gasteiger partial charge in [0.25, 0.3) is 0 Å². The molecule has 0 saturated carbocycles. The van der Waals surface area contributed by atoms with Gasteiger partial charge in [0.05, 0.1) is 9.85 Å². The number of hydrogen-bond donors (Lipinski definition) is 2. The lowest BCUT2D eigenvalue weighted by Gasteiger charge is -2.08. The number of nitro benzene ring substituents is 2. The molecule has 2 aromatic carbocycles. The van der Waals surface area contributed by atoms with E-state index in [4.69, 9.17) is 0 Å². The summed E-state index contributed by atoms with van der Waals surface area (Å²) in [7, 11) is 0. The summed E-state index contributed by atoms with van der Waals surface area (Å²) >= 11 is 0. The summed E-state index contributed by atoms with van der Waals surface area (Å²) in [6, 6.07) is 5.24. The molecule has 0 spiro atoms. The van der Waals surface area contributed by atoms with Gasteiger partial charge in [0.15, 0.2) is 11.5 Å². The summed E-state index contributed by atoms with van der Waals surface area (Å²) in [5, 5.41) is 41.3. The summed E-state index contributed by atoms with van der Waals surface area (Å²) in [6.07, 6.45) is 0. The highest BCUT2D eigenvalue weighted by Crippen LogP contribution is 2.39. The Labute approximate surface area is 124 Å². The van der Waals surface area contributed by atoms with Crippen LogP contribution in [0, 0.1) is 34.1 Å². The van der Waals surface area contributed by atoms with E-state index in [2.05, 4.69) is 0 Å². The van der Waals surface area contributed by atoms with E-state index in [0.29, 0.717) is 11.1 Å². The summed E-state index contributed by atoms with van der Waals surface area (Å²) < 4.78 is 0. The van der Waals surface area contributed by atoms with Gasteiger partial charge in [0, 0.05) is 12.1 Å². The van der Waals surface area contributed by atoms with Crippen LogP contribution in [0.25, 0.3) is 11.1 Å². The van der Waals surface area contributed by atoms with Gasteiger partial charge in [-0.15, -0.1) is 0 Å². The quantitative estimate of drug-likeness (QED) is 0.662. The van der Waals surface area contributed by atoms with Gasteiger partial charge in [-0.1, -0.05) is 0 Å². The van der Waals surface area contributed by atoms with Gasteiger partial charge in [-0.2, -0.15) is 0 Å². The van der Waals surface area contributed by atoms with Crippen LogP contribution >= 0.6 is 0 Å². The average Bonchev–Trinajstić information content (AvgIpc) is 2.43. The Kier molecular flexibility index (Phi) is 3.68. The number of rotatable bonds is 3. The zero-order valence-electron chi connectivity index (χ0n) is 11.7. The molecule has 2 rings (SSSR count). The van der Waals surface area contributed by atoms with Gasteiger partial charge < -0.3 is 10.2 Å². The monoisotopic (exact) mass is 304 g/mol. The van der Waals surface area contributed by atoms with Crippen molar-refractivity contribution in [3.8, 4) is 22.6 Å². The molecule has 2 aromatic rings. The van der Waals surface area contributed by atoms with E-state index in [1.54, 1.807) is 0 Å². The van der Waals surface area contributed by atoms with E-state index < -0.39 is 32.7 Å². The lowest BCUT2D eigenvalue weighted by molar-refractivity contribution is -0.386. The van der Waals surface area contributed by atoms with Crippen LogP contribution in [0.3, 0.4) is 0 Å². The van der Waals surface area contributed by atoms with Gasteiger partial charge >= 0.3 is 11.4 Å². The van der Waals surface area contributed by atoms with E-state index in [9.17, 15) is 30.4 Å². The second kappa shape index (κ2) is 5.32. The number of nitrogens with zero attached hydrogens (tertiary/aromatic N) is 2. The third kappa shape index (κ3) is 2.53. The van der Waals surface area contributed by atoms with Gasteiger partial charge in [-0.05, 0) is 48.2 Å². The normalized spacial score (nSPS) is 10.5. The molecular formula is C14H12N2O6. The van der Waals surface area contributed by atoms with Crippen molar-refractivity contribution in [3.05, 3.63) is 55.6 Å². The topological polar surface area (TPSA) is 127 Å². The van der Waals surface area contributed by atoms with Crippen LogP contribution in [-0.2, 0) is 0 Å². The Morgan fingerprint density at radius 2 is 1.09 bits per heavy atom. The second-order valence-corrected chi connectivity index (χ2v) is 4.84. The zero-order valence-corrected chi connectivity index (χ0v) is 11.7. The van der Waals surface area contributed by atoms with Crippen LogP contribution in [0.2, 0.25) is 0 Å². The Morgan fingerprint density at radius 3 is 1.36 bits per heavy atom. The molecule has 0 aromatic heterocycles. The molecule has 0 unspecified atom stereocenters.